The van der Waals surface area contributed by atoms with Gasteiger partial charge in [-0.05, 0) is 49.4 Å². The molecule has 0 spiro atoms. The summed E-state index contributed by atoms with van der Waals surface area (Å²) < 4.78 is 12.1. The first-order valence-corrected chi connectivity index (χ1v) is 11.6. The normalized spacial score (nSPS) is 18.5. The van der Waals surface area contributed by atoms with E-state index in [1.807, 2.05) is 41.3 Å². The lowest BCUT2D eigenvalue weighted by Gasteiger charge is -2.32. The maximum Gasteiger partial charge on any atom is 0.253 e. The molecule has 0 unspecified atom stereocenters. The number of fused-ring (bicyclic) bond motifs is 1. The van der Waals surface area contributed by atoms with Gasteiger partial charge >= 0.3 is 0 Å². The van der Waals surface area contributed by atoms with Crippen LogP contribution in [0.4, 0.5) is 0 Å². The van der Waals surface area contributed by atoms with Gasteiger partial charge in [-0.1, -0.05) is 49.6 Å². The summed E-state index contributed by atoms with van der Waals surface area (Å²) in [6, 6.07) is 15.9. The molecule has 5 rings (SSSR count). The second-order valence-corrected chi connectivity index (χ2v) is 8.86. The second kappa shape index (κ2) is 9.23. The van der Waals surface area contributed by atoms with Crippen LogP contribution in [0.25, 0.3) is 11.1 Å². The van der Waals surface area contributed by atoms with Crippen LogP contribution >= 0.6 is 0 Å². The number of hydrogen-bond acceptors (Lipinski definition) is 4. The van der Waals surface area contributed by atoms with Crippen LogP contribution < -0.4 is 0 Å². The molecule has 2 aromatic carbocycles. The molecule has 1 aromatic heterocycles. The van der Waals surface area contributed by atoms with E-state index in [0.717, 1.165) is 55.8 Å². The predicted molar refractivity (Wildman–Crippen MR) is 120 cm³/mol. The first-order valence-electron chi connectivity index (χ1n) is 11.6. The monoisotopic (exact) mass is 418 g/mol. The topological polar surface area (TPSA) is 55.6 Å². The van der Waals surface area contributed by atoms with E-state index in [4.69, 9.17) is 14.1 Å². The number of amides is 1. The largest absolute Gasteiger partial charge is 0.440 e. The van der Waals surface area contributed by atoms with Gasteiger partial charge < -0.3 is 14.1 Å². The number of aromatic nitrogens is 1. The van der Waals surface area contributed by atoms with Crippen LogP contribution in [0.5, 0.6) is 0 Å². The summed E-state index contributed by atoms with van der Waals surface area (Å²) in [6.45, 7) is 2.07. The number of hydrogen-bond donors (Lipinski definition) is 0. The summed E-state index contributed by atoms with van der Waals surface area (Å²) >= 11 is 0. The summed E-state index contributed by atoms with van der Waals surface area (Å²) in [5.74, 6) is 1.34. The standard InChI is InChI=1S/C26H30N2O3/c29-26(28-15-13-22(14-16-28)30-18-19-7-3-1-4-8-19)21-11-12-23-24(17-21)31-25(27-23)20-9-5-2-6-10-20/h1,3-4,7-8,11-12,17,20,22H,2,5-6,9-10,13-16,18H2. The summed E-state index contributed by atoms with van der Waals surface area (Å²) in [4.78, 5) is 19.7. The third-order valence-electron chi connectivity index (χ3n) is 6.66. The molecule has 1 aliphatic heterocycles. The quantitative estimate of drug-likeness (QED) is 0.534. The van der Waals surface area contributed by atoms with Crippen molar-refractivity contribution in [3.8, 4) is 0 Å². The van der Waals surface area contributed by atoms with E-state index in [1.54, 1.807) is 0 Å². The molecule has 0 N–H and O–H groups in total. The lowest BCUT2D eigenvalue weighted by molar-refractivity contribution is -0.000379. The number of nitrogens with zero attached hydrogens (tertiary/aromatic N) is 2. The molecular formula is C26H30N2O3. The van der Waals surface area contributed by atoms with Crippen LogP contribution in [0.1, 0.15) is 72.7 Å². The van der Waals surface area contributed by atoms with Gasteiger partial charge in [-0.3, -0.25) is 4.79 Å². The maximum atomic E-state index is 13.1. The van der Waals surface area contributed by atoms with E-state index >= 15 is 0 Å². The molecule has 5 heteroatoms. The first kappa shape index (κ1) is 20.3. The Morgan fingerprint density at radius 2 is 1.77 bits per heavy atom. The van der Waals surface area contributed by atoms with E-state index in [0.29, 0.717) is 18.1 Å². The smallest absolute Gasteiger partial charge is 0.253 e. The molecule has 5 nitrogen and oxygen atoms in total. The van der Waals surface area contributed by atoms with Crippen LogP contribution in [0.3, 0.4) is 0 Å². The highest BCUT2D eigenvalue weighted by atomic mass is 16.5. The number of carbonyl (C=O) groups is 1. The summed E-state index contributed by atoms with van der Waals surface area (Å²) in [5, 5.41) is 0. The Morgan fingerprint density at radius 1 is 1.00 bits per heavy atom. The van der Waals surface area contributed by atoms with Crippen molar-refractivity contribution in [3.63, 3.8) is 0 Å². The van der Waals surface area contributed by atoms with Gasteiger partial charge in [0.05, 0.1) is 12.7 Å². The van der Waals surface area contributed by atoms with Gasteiger partial charge in [0.2, 0.25) is 0 Å². The number of benzene rings is 2. The summed E-state index contributed by atoms with van der Waals surface area (Å²) in [6.07, 6.45) is 8.06. The minimum atomic E-state index is 0.0685. The van der Waals surface area contributed by atoms with Crippen LogP contribution in [0.15, 0.2) is 52.9 Å². The van der Waals surface area contributed by atoms with Crippen molar-refractivity contribution in [2.45, 2.75) is 63.6 Å². The number of rotatable bonds is 5. The molecule has 0 radical (unpaired) electrons. The molecule has 162 valence electrons. The van der Waals surface area contributed by atoms with Crippen molar-refractivity contribution < 1.29 is 13.9 Å². The molecule has 1 saturated heterocycles. The van der Waals surface area contributed by atoms with Crippen LogP contribution in [-0.4, -0.2) is 35.0 Å². The lowest BCUT2D eigenvalue weighted by atomic mass is 9.89. The molecule has 2 fully saturated rings. The van der Waals surface area contributed by atoms with Crippen molar-refractivity contribution in [1.29, 1.82) is 0 Å². The zero-order valence-corrected chi connectivity index (χ0v) is 18.0. The van der Waals surface area contributed by atoms with E-state index < -0.39 is 0 Å². The Labute approximate surface area is 183 Å². The number of likely N-dealkylation sites (tertiary alicyclic amines) is 1. The fourth-order valence-corrected chi connectivity index (χ4v) is 4.80. The zero-order valence-electron chi connectivity index (χ0n) is 18.0. The lowest BCUT2D eigenvalue weighted by Crippen LogP contribution is -2.40. The molecule has 2 aliphatic rings. The summed E-state index contributed by atoms with van der Waals surface area (Å²) in [7, 11) is 0. The van der Waals surface area contributed by atoms with Crippen molar-refractivity contribution in [2.75, 3.05) is 13.1 Å². The van der Waals surface area contributed by atoms with Gasteiger partial charge in [0.25, 0.3) is 5.91 Å². The third-order valence-corrected chi connectivity index (χ3v) is 6.66. The first-order chi connectivity index (χ1) is 15.3. The van der Waals surface area contributed by atoms with Crippen molar-refractivity contribution in [2.24, 2.45) is 0 Å². The fraction of sp³-hybridized carbons (Fsp3) is 0.462. The highest BCUT2D eigenvalue weighted by molar-refractivity contribution is 5.97. The van der Waals surface area contributed by atoms with E-state index in [1.165, 1.54) is 24.8 Å². The van der Waals surface area contributed by atoms with Crippen LogP contribution in [0.2, 0.25) is 0 Å². The number of piperidine rings is 1. The highest BCUT2D eigenvalue weighted by Crippen LogP contribution is 2.34. The zero-order chi connectivity index (χ0) is 21.0. The van der Waals surface area contributed by atoms with Gasteiger partial charge in [-0.25, -0.2) is 4.98 Å². The number of carbonyl (C=O) groups excluding carboxylic acids is 1. The number of ether oxygens (including phenoxy) is 1. The summed E-state index contributed by atoms with van der Waals surface area (Å²) in [5.41, 5.74) is 3.45. The second-order valence-electron chi connectivity index (χ2n) is 8.86. The minimum Gasteiger partial charge on any atom is -0.440 e. The highest BCUT2D eigenvalue weighted by Gasteiger charge is 2.25. The van der Waals surface area contributed by atoms with E-state index in [-0.39, 0.29) is 12.0 Å². The predicted octanol–water partition coefficient (Wildman–Crippen LogP) is 5.70. The third kappa shape index (κ3) is 4.67. The molecule has 3 aromatic rings. The SMILES string of the molecule is O=C(c1ccc2nc(C3CCCCC3)oc2c1)N1CCC(OCc2ccccc2)CC1. The average molecular weight is 419 g/mol. The van der Waals surface area contributed by atoms with Gasteiger partial charge in [-0.15, -0.1) is 0 Å². The van der Waals surface area contributed by atoms with Crippen molar-refractivity contribution >= 4 is 17.0 Å². The molecule has 2 heterocycles. The molecule has 1 amide bonds. The van der Waals surface area contributed by atoms with E-state index in [2.05, 4.69) is 12.1 Å². The van der Waals surface area contributed by atoms with Gasteiger partial charge in [0.15, 0.2) is 11.5 Å². The van der Waals surface area contributed by atoms with Crippen LogP contribution in [0, 0.1) is 0 Å². The van der Waals surface area contributed by atoms with Crippen molar-refractivity contribution in [3.05, 3.63) is 65.5 Å². The Hall–Kier alpha value is -2.66. The van der Waals surface area contributed by atoms with Gasteiger partial charge in [0.1, 0.15) is 5.52 Å². The molecule has 0 atom stereocenters. The Morgan fingerprint density at radius 3 is 2.55 bits per heavy atom. The Balaban J connectivity index is 1.19. The molecule has 0 bridgehead atoms. The Kier molecular flexibility index (Phi) is 6.03. The Bertz CT molecular complexity index is 1020. The average Bonchev–Trinajstić information content (AvgIpc) is 3.27. The number of oxazole rings is 1. The molecule has 31 heavy (non-hydrogen) atoms. The van der Waals surface area contributed by atoms with Crippen molar-refractivity contribution in [1.82, 2.24) is 9.88 Å². The molecular weight excluding hydrogens is 388 g/mol. The fourth-order valence-electron chi connectivity index (χ4n) is 4.80. The van der Waals surface area contributed by atoms with Gasteiger partial charge in [0, 0.05) is 24.6 Å². The maximum absolute atomic E-state index is 13.1. The van der Waals surface area contributed by atoms with Gasteiger partial charge in [-0.2, -0.15) is 0 Å². The van der Waals surface area contributed by atoms with E-state index in [9.17, 15) is 4.79 Å². The minimum absolute atomic E-state index is 0.0685. The molecule has 1 aliphatic carbocycles. The molecule has 1 saturated carbocycles. The van der Waals surface area contributed by atoms with Crippen LogP contribution in [-0.2, 0) is 11.3 Å².